The summed E-state index contributed by atoms with van der Waals surface area (Å²) in [6.07, 6.45) is 0. The van der Waals surface area contributed by atoms with Crippen molar-refractivity contribution in [2.75, 3.05) is 0 Å². The van der Waals surface area contributed by atoms with Crippen molar-refractivity contribution in [3.63, 3.8) is 0 Å². The van der Waals surface area contributed by atoms with E-state index >= 15 is 0 Å². The van der Waals surface area contributed by atoms with Crippen LogP contribution in [0.25, 0.3) is 99.8 Å². The van der Waals surface area contributed by atoms with Gasteiger partial charge in [0.2, 0.25) is 0 Å². The molecule has 0 aliphatic heterocycles. The van der Waals surface area contributed by atoms with Crippen molar-refractivity contribution >= 4 is 43.4 Å². The lowest BCUT2D eigenvalue weighted by molar-refractivity contribution is 1.18. The second kappa shape index (κ2) is 12.4. The van der Waals surface area contributed by atoms with E-state index in [1.54, 1.807) is 0 Å². The van der Waals surface area contributed by atoms with Crippen molar-refractivity contribution in [3.05, 3.63) is 182 Å². The summed E-state index contributed by atoms with van der Waals surface area (Å²) in [5.74, 6) is 0.690. The van der Waals surface area contributed by atoms with Gasteiger partial charge < -0.3 is 0 Å². The van der Waals surface area contributed by atoms with Crippen LogP contribution >= 0.6 is 0 Å². The average molecular weight is 663 g/mol. The number of pyridine rings is 2. The van der Waals surface area contributed by atoms with Crippen molar-refractivity contribution < 1.29 is 0 Å². The highest BCUT2D eigenvalue weighted by Crippen LogP contribution is 2.39. The van der Waals surface area contributed by atoms with Crippen molar-refractivity contribution in [1.29, 1.82) is 0 Å². The third kappa shape index (κ3) is 5.26. The third-order valence-corrected chi connectivity index (χ3v) is 9.84. The molecule has 0 saturated heterocycles. The van der Waals surface area contributed by atoms with Gasteiger partial charge in [-0.1, -0.05) is 146 Å². The molecule has 0 aliphatic carbocycles. The largest absolute Gasteiger partial charge is 0.248 e. The Hall–Kier alpha value is -7.04. The van der Waals surface area contributed by atoms with Crippen LogP contribution in [-0.2, 0) is 0 Å². The first kappa shape index (κ1) is 29.8. The zero-order valence-electron chi connectivity index (χ0n) is 28.1. The average Bonchev–Trinajstić information content (AvgIpc) is 3.23. The van der Waals surface area contributed by atoms with Gasteiger partial charge in [-0.3, -0.25) is 0 Å². The normalized spacial score (nSPS) is 11.5. The van der Waals surface area contributed by atoms with Gasteiger partial charge in [0.25, 0.3) is 0 Å². The molecule has 0 spiro atoms. The Balaban J connectivity index is 1.16. The maximum atomic E-state index is 5.41. The molecule has 3 heterocycles. The van der Waals surface area contributed by atoms with Crippen LogP contribution < -0.4 is 0 Å². The van der Waals surface area contributed by atoms with Crippen LogP contribution in [0.15, 0.2) is 182 Å². The van der Waals surface area contributed by atoms with E-state index in [-0.39, 0.29) is 0 Å². The van der Waals surface area contributed by atoms with E-state index in [1.165, 1.54) is 10.8 Å². The smallest absolute Gasteiger partial charge is 0.160 e. The Bertz CT molecular complexity index is 2880. The molecule has 0 aliphatic rings. The Kier molecular flexibility index (Phi) is 7.10. The number of hydrogen-bond acceptors (Lipinski definition) is 4. The summed E-state index contributed by atoms with van der Waals surface area (Å²) < 4.78 is 0. The van der Waals surface area contributed by atoms with E-state index in [4.69, 9.17) is 19.9 Å². The molecule has 0 amide bonds. The monoisotopic (exact) mass is 662 g/mol. The van der Waals surface area contributed by atoms with Crippen LogP contribution in [-0.4, -0.2) is 19.9 Å². The van der Waals surface area contributed by atoms with Crippen LogP contribution in [0.5, 0.6) is 0 Å². The number of rotatable bonds is 5. The third-order valence-electron chi connectivity index (χ3n) is 9.84. The maximum Gasteiger partial charge on any atom is 0.160 e. The van der Waals surface area contributed by atoms with Gasteiger partial charge in [-0.05, 0) is 52.6 Å². The highest BCUT2D eigenvalue weighted by Gasteiger charge is 2.17. The molecule has 10 aromatic rings. The molecule has 0 fully saturated rings. The summed E-state index contributed by atoms with van der Waals surface area (Å²) in [4.78, 5) is 20.7. The van der Waals surface area contributed by atoms with Gasteiger partial charge >= 0.3 is 0 Å². The fourth-order valence-corrected chi connectivity index (χ4v) is 7.25. The molecular weight excluding hydrogens is 633 g/mol. The zero-order chi connectivity index (χ0) is 34.4. The number of aromatic nitrogens is 4. The SMILES string of the molecule is c1ccc(-c2cc(-c3ccc4c(c3)nc(-c3ccccc3)c3c5ccc(-c6ccc7ccccc7c6)nc5ccc43)nc(-c3ccccc3)n2)cc1. The minimum absolute atomic E-state index is 0.690. The van der Waals surface area contributed by atoms with Crippen molar-refractivity contribution in [2.24, 2.45) is 0 Å². The molecule has 0 unspecified atom stereocenters. The molecule has 10 rings (SSSR count). The summed E-state index contributed by atoms with van der Waals surface area (Å²) in [6, 6.07) is 63.2. The van der Waals surface area contributed by atoms with Gasteiger partial charge in [-0.15, -0.1) is 0 Å². The van der Waals surface area contributed by atoms with Gasteiger partial charge in [0.1, 0.15) is 0 Å². The Morgan fingerprint density at radius 3 is 1.65 bits per heavy atom. The number of benzene rings is 7. The fourth-order valence-electron chi connectivity index (χ4n) is 7.25. The predicted molar refractivity (Wildman–Crippen MR) is 215 cm³/mol. The number of hydrogen-bond donors (Lipinski definition) is 0. The molecule has 7 aromatic carbocycles. The summed E-state index contributed by atoms with van der Waals surface area (Å²) in [5.41, 5.74) is 10.6. The van der Waals surface area contributed by atoms with E-state index in [9.17, 15) is 0 Å². The van der Waals surface area contributed by atoms with Gasteiger partial charge in [0.15, 0.2) is 5.82 Å². The Morgan fingerprint density at radius 2 is 0.885 bits per heavy atom. The summed E-state index contributed by atoms with van der Waals surface area (Å²) >= 11 is 0. The molecule has 0 bridgehead atoms. The molecule has 3 aromatic heterocycles. The second-order valence-electron chi connectivity index (χ2n) is 13.1. The second-order valence-corrected chi connectivity index (χ2v) is 13.1. The number of fused-ring (bicyclic) bond motifs is 6. The maximum absolute atomic E-state index is 5.41. The van der Waals surface area contributed by atoms with Gasteiger partial charge in [-0.2, -0.15) is 0 Å². The molecule has 4 heteroatoms. The van der Waals surface area contributed by atoms with Crippen LogP contribution in [0.4, 0.5) is 0 Å². The van der Waals surface area contributed by atoms with Gasteiger partial charge in [-0.25, -0.2) is 19.9 Å². The van der Waals surface area contributed by atoms with Crippen LogP contribution in [0.3, 0.4) is 0 Å². The van der Waals surface area contributed by atoms with E-state index in [1.807, 2.05) is 42.5 Å². The molecule has 242 valence electrons. The van der Waals surface area contributed by atoms with Crippen molar-refractivity contribution in [1.82, 2.24) is 19.9 Å². The van der Waals surface area contributed by atoms with Crippen molar-refractivity contribution in [3.8, 4) is 56.4 Å². The molecule has 0 radical (unpaired) electrons. The lowest BCUT2D eigenvalue weighted by Crippen LogP contribution is -1.96. The minimum atomic E-state index is 0.690. The molecule has 4 nitrogen and oxygen atoms in total. The first-order valence-electron chi connectivity index (χ1n) is 17.5. The molecule has 0 saturated carbocycles. The molecule has 0 N–H and O–H groups in total. The lowest BCUT2D eigenvalue weighted by Gasteiger charge is -2.14. The topological polar surface area (TPSA) is 51.6 Å². The molecular formula is C48H30N4. The zero-order valence-corrected chi connectivity index (χ0v) is 28.1. The Labute approximate surface area is 300 Å². The van der Waals surface area contributed by atoms with Crippen LogP contribution in [0.2, 0.25) is 0 Å². The first-order chi connectivity index (χ1) is 25.7. The van der Waals surface area contributed by atoms with Crippen LogP contribution in [0.1, 0.15) is 0 Å². The van der Waals surface area contributed by atoms with Crippen molar-refractivity contribution in [2.45, 2.75) is 0 Å². The van der Waals surface area contributed by atoms with E-state index in [0.717, 1.165) is 83.2 Å². The number of nitrogens with zero attached hydrogens (tertiary/aromatic N) is 4. The van der Waals surface area contributed by atoms with Gasteiger partial charge in [0, 0.05) is 44.0 Å². The highest BCUT2D eigenvalue weighted by molar-refractivity contribution is 6.21. The predicted octanol–water partition coefficient (Wildman–Crippen LogP) is 12.2. The first-order valence-corrected chi connectivity index (χ1v) is 17.5. The van der Waals surface area contributed by atoms with Gasteiger partial charge in [0.05, 0.1) is 33.8 Å². The summed E-state index contributed by atoms with van der Waals surface area (Å²) in [6.45, 7) is 0. The minimum Gasteiger partial charge on any atom is -0.248 e. The molecule has 0 atom stereocenters. The van der Waals surface area contributed by atoms with E-state index in [0.29, 0.717) is 5.82 Å². The highest BCUT2D eigenvalue weighted by atomic mass is 14.9. The summed E-state index contributed by atoms with van der Waals surface area (Å²) in [5, 5.41) is 6.83. The molecule has 52 heavy (non-hydrogen) atoms. The fraction of sp³-hybridized carbons (Fsp3) is 0. The van der Waals surface area contributed by atoms with E-state index in [2.05, 4.69) is 140 Å². The lowest BCUT2D eigenvalue weighted by atomic mass is 9.95. The van der Waals surface area contributed by atoms with E-state index < -0.39 is 0 Å². The quantitative estimate of drug-likeness (QED) is 0.172. The summed E-state index contributed by atoms with van der Waals surface area (Å²) in [7, 11) is 0. The van der Waals surface area contributed by atoms with Crippen LogP contribution in [0, 0.1) is 0 Å². The standard InChI is InChI=1S/C48H30N4/c1-4-13-32(14-5-1)43-30-44(52-48(51-43)34-17-8-3-9-18-34)37-22-23-38-39-24-27-42-40(46(39)47(50-45(38)29-37)33-15-6-2-7-16-33)25-26-41(49-42)36-21-20-31-12-10-11-19-35(31)28-36/h1-30H. The Morgan fingerprint density at radius 1 is 0.288 bits per heavy atom.